The Labute approximate surface area is 133 Å². The van der Waals surface area contributed by atoms with E-state index in [1.54, 1.807) is 0 Å². The fraction of sp³-hybridized carbons (Fsp3) is 0.167. The lowest BCUT2D eigenvalue weighted by atomic mass is 9.98. The minimum atomic E-state index is 0.0882. The molecule has 2 nitrogen and oxygen atoms in total. The molecule has 0 bridgehead atoms. The molecule has 3 heteroatoms. The second-order valence-electron chi connectivity index (χ2n) is 5.16. The third kappa shape index (κ3) is 3.31. The van der Waals surface area contributed by atoms with Gasteiger partial charge in [0.25, 0.3) is 0 Å². The predicted molar refractivity (Wildman–Crippen MR) is 88.4 cm³/mol. The first kappa shape index (κ1) is 14.2. The molecule has 0 aliphatic carbocycles. The topological polar surface area (TPSA) is 20.3 Å². The number of hydrogen-bond donors (Lipinski definition) is 0. The Morgan fingerprint density at radius 2 is 1.67 bits per heavy atom. The Bertz CT molecular complexity index is 668. The fourth-order valence-electron chi connectivity index (χ4n) is 2.53. The third-order valence-electron chi connectivity index (χ3n) is 3.66. The van der Waals surface area contributed by atoms with E-state index in [1.165, 1.54) is 0 Å². The molecule has 21 heavy (non-hydrogen) atoms. The molecule has 3 rings (SSSR count). The molecule has 2 aromatic rings. The summed E-state index contributed by atoms with van der Waals surface area (Å²) in [6.07, 6.45) is 4.33. The van der Waals surface area contributed by atoms with Crippen LogP contribution in [0.3, 0.4) is 0 Å². The number of halogens is 1. The van der Waals surface area contributed by atoms with Crippen molar-refractivity contribution in [3.8, 4) is 0 Å². The molecule has 0 aromatic heterocycles. The van der Waals surface area contributed by atoms with Crippen LogP contribution in [-0.2, 0) is 6.54 Å². The second kappa shape index (κ2) is 6.37. The van der Waals surface area contributed by atoms with Gasteiger partial charge in [0.2, 0.25) is 0 Å². The van der Waals surface area contributed by atoms with E-state index in [1.807, 2.05) is 48.5 Å². The number of ketones is 1. The average molecular weight is 342 g/mol. The summed E-state index contributed by atoms with van der Waals surface area (Å²) in [5.74, 6) is 0.0882. The summed E-state index contributed by atoms with van der Waals surface area (Å²) in [4.78, 5) is 15.0. The molecule has 0 unspecified atom stereocenters. The predicted octanol–water partition coefficient (Wildman–Crippen LogP) is 4.05. The molecule has 0 saturated heterocycles. The molecule has 2 aromatic carbocycles. The van der Waals surface area contributed by atoms with Crippen LogP contribution >= 0.6 is 15.9 Å². The molecule has 1 aliphatic rings. The quantitative estimate of drug-likeness (QED) is 0.617. The van der Waals surface area contributed by atoms with Crippen LogP contribution in [0, 0.1) is 0 Å². The minimum Gasteiger partial charge on any atom is -0.292 e. The molecule has 0 saturated carbocycles. The Morgan fingerprint density at radius 3 is 2.38 bits per heavy atom. The van der Waals surface area contributed by atoms with Crippen molar-refractivity contribution in [3.63, 3.8) is 0 Å². The van der Waals surface area contributed by atoms with Gasteiger partial charge in [0, 0.05) is 35.2 Å². The number of rotatable bonds is 4. The van der Waals surface area contributed by atoms with Crippen molar-refractivity contribution < 1.29 is 4.79 Å². The van der Waals surface area contributed by atoms with Crippen LogP contribution in [0.5, 0.6) is 0 Å². The van der Waals surface area contributed by atoms with E-state index in [9.17, 15) is 4.79 Å². The standard InChI is InChI=1S/C18H16BrNO/c19-16-9-7-14(8-10-16)18(21)17-6-2-1-5-15(17)13-20-11-3-4-12-20/h1-10H,11-13H2. The lowest BCUT2D eigenvalue weighted by Gasteiger charge is -2.17. The van der Waals surface area contributed by atoms with Crippen LogP contribution < -0.4 is 0 Å². The summed E-state index contributed by atoms with van der Waals surface area (Å²) in [5, 5.41) is 0. The largest absolute Gasteiger partial charge is 0.292 e. The van der Waals surface area contributed by atoms with Gasteiger partial charge in [0.05, 0.1) is 0 Å². The fourth-order valence-corrected chi connectivity index (χ4v) is 2.79. The molecule has 0 spiro atoms. The number of nitrogens with zero attached hydrogens (tertiary/aromatic N) is 1. The van der Waals surface area contributed by atoms with Crippen LogP contribution in [-0.4, -0.2) is 23.8 Å². The van der Waals surface area contributed by atoms with E-state index in [4.69, 9.17) is 0 Å². The van der Waals surface area contributed by atoms with Gasteiger partial charge in [-0.05, 0) is 29.8 Å². The van der Waals surface area contributed by atoms with Gasteiger partial charge in [-0.25, -0.2) is 0 Å². The minimum absolute atomic E-state index is 0.0882. The van der Waals surface area contributed by atoms with E-state index in [0.717, 1.165) is 40.8 Å². The third-order valence-corrected chi connectivity index (χ3v) is 4.18. The van der Waals surface area contributed by atoms with Crippen molar-refractivity contribution >= 4 is 21.7 Å². The van der Waals surface area contributed by atoms with Gasteiger partial charge in [-0.2, -0.15) is 0 Å². The summed E-state index contributed by atoms with van der Waals surface area (Å²) in [7, 11) is 0. The molecular weight excluding hydrogens is 326 g/mol. The second-order valence-corrected chi connectivity index (χ2v) is 6.07. The van der Waals surface area contributed by atoms with Crippen LogP contribution in [0.25, 0.3) is 0 Å². The van der Waals surface area contributed by atoms with E-state index in [0.29, 0.717) is 0 Å². The van der Waals surface area contributed by atoms with Gasteiger partial charge in [0.15, 0.2) is 5.78 Å². The van der Waals surface area contributed by atoms with Gasteiger partial charge < -0.3 is 0 Å². The van der Waals surface area contributed by atoms with E-state index in [-0.39, 0.29) is 5.78 Å². The summed E-state index contributed by atoms with van der Waals surface area (Å²) in [6, 6.07) is 15.4. The number of carbonyl (C=O) groups excluding carboxylic acids is 1. The van der Waals surface area contributed by atoms with Gasteiger partial charge in [-0.15, -0.1) is 0 Å². The molecule has 0 amide bonds. The smallest absolute Gasteiger partial charge is 0.193 e. The Kier molecular flexibility index (Phi) is 4.32. The zero-order valence-electron chi connectivity index (χ0n) is 11.6. The van der Waals surface area contributed by atoms with Crippen LogP contribution in [0.4, 0.5) is 0 Å². The zero-order chi connectivity index (χ0) is 14.7. The van der Waals surface area contributed by atoms with Crippen molar-refractivity contribution in [3.05, 3.63) is 81.8 Å². The summed E-state index contributed by atoms with van der Waals surface area (Å²) in [5.41, 5.74) is 2.62. The van der Waals surface area contributed by atoms with Crippen LogP contribution in [0.1, 0.15) is 21.5 Å². The van der Waals surface area contributed by atoms with Crippen molar-refractivity contribution in [2.45, 2.75) is 6.54 Å². The highest BCUT2D eigenvalue weighted by molar-refractivity contribution is 9.10. The monoisotopic (exact) mass is 341 g/mol. The van der Waals surface area contributed by atoms with Gasteiger partial charge in [0.1, 0.15) is 0 Å². The number of carbonyl (C=O) groups is 1. The van der Waals surface area contributed by atoms with E-state index >= 15 is 0 Å². The zero-order valence-corrected chi connectivity index (χ0v) is 13.2. The van der Waals surface area contributed by atoms with Crippen molar-refractivity contribution in [2.75, 3.05) is 13.1 Å². The van der Waals surface area contributed by atoms with Gasteiger partial charge in [-0.1, -0.05) is 52.3 Å². The maximum absolute atomic E-state index is 12.7. The lowest BCUT2D eigenvalue weighted by molar-refractivity contribution is 0.103. The summed E-state index contributed by atoms with van der Waals surface area (Å²) < 4.78 is 0.982. The molecular formula is C18H16BrNO. The normalized spacial score (nSPS) is 14.5. The average Bonchev–Trinajstić information content (AvgIpc) is 3.01. The molecule has 0 radical (unpaired) electrons. The number of hydrogen-bond acceptors (Lipinski definition) is 2. The van der Waals surface area contributed by atoms with Crippen molar-refractivity contribution in [1.29, 1.82) is 0 Å². The Balaban J connectivity index is 1.87. The first-order chi connectivity index (χ1) is 10.2. The molecule has 0 fully saturated rings. The van der Waals surface area contributed by atoms with Gasteiger partial charge in [-0.3, -0.25) is 9.69 Å². The van der Waals surface area contributed by atoms with Crippen molar-refractivity contribution in [1.82, 2.24) is 4.90 Å². The number of benzene rings is 2. The first-order valence-electron chi connectivity index (χ1n) is 6.99. The molecule has 0 N–H and O–H groups in total. The molecule has 0 atom stereocenters. The van der Waals surface area contributed by atoms with E-state index < -0.39 is 0 Å². The SMILES string of the molecule is O=C(c1ccc(Br)cc1)c1ccccc1CN1CC=CC1. The summed E-state index contributed by atoms with van der Waals surface area (Å²) in [6.45, 7) is 2.73. The maximum Gasteiger partial charge on any atom is 0.193 e. The molecule has 106 valence electrons. The van der Waals surface area contributed by atoms with Crippen LogP contribution in [0.15, 0.2) is 65.2 Å². The van der Waals surface area contributed by atoms with E-state index in [2.05, 4.69) is 33.0 Å². The highest BCUT2D eigenvalue weighted by Gasteiger charge is 2.15. The maximum atomic E-state index is 12.7. The lowest BCUT2D eigenvalue weighted by Crippen LogP contribution is -2.21. The van der Waals surface area contributed by atoms with Gasteiger partial charge >= 0.3 is 0 Å². The first-order valence-corrected chi connectivity index (χ1v) is 7.79. The molecule has 1 heterocycles. The highest BCUT2D eigenvalue weighted by Crippen LogP contribution is 2.19. The highest BCUT2D eigenvalue weighted by atomic mass is 79.9. The van der Waals surface area contributed by atoms with Crippen LogP contribution in [0.2, 0.25) is 0 Å². The Morgan fingerprint density at radius 1 is 1.00 bits per heavy atom. The molecule has 1 aliphatic heterocycles. The summed E-state index contributed by atoms with van der Waals surface area (Å²) >= 11 is 3.40. The Hall–Kier alpha value is -1.71. The van der Waals surface area contributed by atoms with Crippen molar-refractivity contribution in [2.24, 2.45) is 0 Å².